The molecule has 3 N–H and O–H groups in total. The average Bonchev–Trinajstić information content (AvgIpc) is 3.15. The molecule has 0 spiro atoms. The maximum Gasteiger partial charge on any atom is 0.403 e. The van der Waals surface area contributed by atoms with Gasteiger partial charge in [-0.05, 0) is 39.7 Å². The summed E-state index contributed by atoms with van der Waals surface area (Å²) in [6, 6.07) is -0.262. The Morgan fingerprint density at radius 2 is 1.29 bits per heavy atom. The van der Waals surface area contributed by atoms with Crippen molar-refractivity contribution in [2.24, 2.45) is 5.92 Å². The summed E-state index contributed by atoms with van der Waals surface area (Å²) in [4.78, 5) is 101. The number of methoxy groups -OCH3 is 1. The number of carbonyl (C=O) groups is 8. The van der Waals surface area contributed by atoms with Crippen molar-refractivity contribution in [2.45, 2.75) is 135 Å². The van der Waals surface area contributed by atoms with Crippen LogP contribution in [-0.2, 0) is 73.1 Å². The minimum absolute atomic E-state index is 0.0416. The molecule has 0 aliphatic carbocycles. The Labute approximate surface area is 369 Å². The number of ether oxygens (including phenoxy) is 7. The Morgan fingerprint density at radius 1 is 0.754 bits per heavy atom. The number of benzene rings is 1. The summed E-state index contributed by atoms with van der Waals surface area (Å²) in [6.07, 6.45) is -21.7. The maximum atomic E-state index is 14.6. The van der Waals surface area contributed by atoms with Crippen LogP contribution in [0.25, 0.3) is 0 Å². The predicted molar refractivity (Wildman–Crippen MR) is 209 cm³/mol. The normalized spacial score (nSPS) is 20.2. The molecule has 4 amide bonds. The molecule has 1 fully saturated rings. The molecule has 1 aliphatic rings. The van der Waals surface area contributed by atoms with Gasteiger partial charge in [-0.25, -0.2) is 9.59 Å². The van der Waals surface area contributed by atoms with Crippen molar-refractivity contribution < 1.29 is 97.9 Å². The van der Waals surface area contributed by atoms with Gasteiger partial charge in [0.25, 0.3) is 0 Å². The minimum atomic E-state index is -6.23. The number of nitrogens with one attached hydrogen (secondary N) is 3. The number of halogens is 6. The van der Waals surface area contributed by atoms with Gasteiger partial charge in [-0.1, -0.05) is 30.3 Å². The number of hydrogen-bond acceptors (Lipinski definition) is 15. The van der Waals surface area contributed by atoms with E-state index in [-0.39, 0.29) is 11.3 Å². The molecule has 8 atom stereocenters. The van der Waals surface area contributed by atoms with Crippen LogP contribution in [0.4, 0.5) is 31.1 Å². The molecule has 1 unspecified atom stereocenters. The lowest BCUT2D eigenvalue weighted by molar-refractivity contribution is -0.308. The highest BCUT2D eigenvalue weighted by molar-refractivity contribution is 5.93. The Balaban J connectivity index is 2.58. The molecule has 0 saturated carbocycles. The van der Waals surface area contributed by atoms with Crippen LogP contribution in [0, 0.1) is 5.92 Å². The Hall–Kier alpha value is -5.72. The lowest BCUT2D eigenvalue weighted by Crippen LogP contribution is -2.65. The second-order valence-electron chi connectivity index (χ2n) is 15.7. The van der Waals surface area contributed by atoms with Crippen LogP contribution >= 0.6 is 0 Å². The molecule has 2 rings (SSSR count). The third kappa shape index (κ3) is 18.0. The molecule has 0 aromatic heterocycles. The van der Waals surface area contributed by atoms with Crippen molar-refractivity contribution >= 4 is 47.7 Å². The van der Waals surface area contributed by atoms with Crippen LogP contribution in [0.5, 0.6) is 0 Å². The fourth-order valence-electron chi connectivity index (χ4n) is 6.38. The van der Waals surface area contributed by atoms with Gasteiger partial charge in [0.15, 0.2) is 30.5 Å². The van der Waals surface area contributed by atoms with E-state index in [1.54, 1.807) is 30.3 Å². The van der Waals surface area contributed by atoms with Crippen LogP contribution in [0.1, 0.15) is 67.4 Å². The van der Waals surface area contributed by atoms with E-state index in [4.69, 9.17) is 33.2 Å². The first kappa shape index (κ1) is 55.4. The van der Waals surface area contributed by atoms with E-state index in [1.807, 2.05) is 5.32 Å². The second kappa shape index (κ2) is 24.0. The summed E-state index contributed by atoms with van der Waals surface area (Å²) < 4.78 is 125. The Bertz CT molecular complexity index is 1810. The number of urea groups is 1. The molecule has 1 heterocycles. The monoisotopic (exact) mass is 944 g/mol. The highest BCUT2D eigenvalue weighted by Crippen LogP contribution is 2.43. The summed E-state index contributed by atoms with van der Waals surface area (Å²) in [5.41, 5.74) is -0.793. The van der Waals surface area contributed by atoms with E-state index in [2.05, 4.69) is 10.6 Å². The number of nitrogens with zero attached hydrogens (tertiary/aromatic N) is 1. The molecular weight excluding hydrogens is 890 g/mol. The summed E-state index contributed by atoms with van der Waals surface area (Å²) in [5, 5.41) is 6.32. The van der Waals surface area contributed by atoms with Crippen LogP contribution < -0.4 is 16.0 Å². The van der Waals surface area contributed by atoms with Gasteiger partial charge in [0, 0.05) is 46.2 Å². The summed E-state index contributed by atoms with van der Waals surface area (Å²) in [5.74, 6) is -12.6. The van der Waals surface area contributed by atoms with Gasteiger partial charge in [0.05, 0.1) is 13.7 Å². The average molecular weight is 945 g/mol. The van der Waals surface area contributed by atoms with E-state index < -0.39 is 147 Å². The van der Waals surface area contributed by atoms with Gasteiger partial charge in [-0.3, -0.25) is 28.8 Å². The van der Waals surface area contributed by atoms with Gasteiger partial charge in [-0.2, -0.15) is 26.3 Å². The smallest absolute Gasteiger partial charge is 0.403 e. The number of amides is 4. The fourth-order valence-corrected chi connectivity index (χ4v) is 6.38. The molecular formula is C40H54F6N4O15. The van der Waals surface area contributed by atoms with Crippen molar-refractivity contribution in [3.63, 3.8) is 0 Å². The van der Waals surface area contributed by atoms with Crippen molar-refractivity contribution in [1.29, 1.82) is 0 Å². The molecule has 25 heteroatoms. The molecule has 1 saturated heterocycles. The third-order valence-electron chi connectivity index (χ3n) is 8.98. The number of esters is 5. The van der Waals surface area contributed by atoms with E-state index in [1.165, 1.54) is 20.8 Å². The number of rotatable bonds is 19. The quantitative estimate of drug-likeness (QED) is 0.0782. The van der Waals surface area contributed by atoms with Crippen LogP contribution in [0.3, 0.4) is 0 Å². The van der Waals surface area contributed by atoms with Gasteiger partial charge in [-0.15, -0.1) is 0 Å². The van der Waals surface area contributed by atoms with Gasteiger partial charge < -0.3 is 54.0 Å². The molecule has 1 aliphatic heterocycles. The minimum Gasteiger partial charge on any atom is -0.467 e. The second-order valence-corrected chi connectivity index (χ2v) is 15.7. The van der Waals surface area contributed by atoms with Crippen LogP contribution in [0.2, 0.25) is 0 Å². The van der Waals surface area contributed by atoms with Gasteiger partial charge >= 0.3 is 48.2 Å². The standard InChI is InChI=1S/C40H54F6N4O15/c1-20(33(55)48-26(35(57)59-9)18-25-14-11-10-12-15-25)47-34(56)28(32(39(41,42)43)40(44,45)46)50(37(58)49-38(6,7)8)16-13-17-60-36-31(64-24(5)54)30(63-23(4)53)29(62-22(3)52)27(65-36)19-61-21(2)51/h10-12,14-15,20,26-32,36H,13,16-19H2,1-9H3,(H,47,56)(H,48,55)(H,49,58)/t20-,26-,27+,28?,29+,30-,31+,36+/m0/s1. The zero-order valence-electron chi connectivity index (χ0n) is 37.0. The fraction of sp³-hybridized carbons (Fsp3) is 0.650. The van der Waals surface area contributed by atoms with E-state index >= 15 is 0 Å². The highest BCUT2D eigenvalue weighted by atomic mass is 19.4. The molecule has 19 nitrogen and oxygen atoms in total. The molecule has 1 aromatic carbocycles. The van der Waals surface area contributed by atoms with E-state index in [9.17, 15) is 64.7 Å². The Kier molecular flexibility index (Phi) is 20.5. The van der Waals surface area contributed by atoms with Crippen molar-refractivity contribution in [1.82, 2.24) is 20.9 Å². The zero-order valence-corrected chi connectivity index (χ0v) is 37.0. The predicted octanol–water partition coefficient (Wildman–Crippen LogP) is 2.80. The van der Waals surface area contributed by atoms with Crippen molar-refractivity contribution in [3.8, 4) is 0 Å². The summed E-state index contributed by atoms with van der Waals surface area (Å²) in [7, 11) is 1.00. The molecule has 1 aromatic rings. The number of carbonyl (C=O) groups excluding carboxylic acids is 8. The van der Waals surface area contributed by atoms with Gasteiger partial charge in [0.1, 0.15) is 30.8 Å². The lowest BCUT2D eigenvalue weighted by Gasteiger charge is -2.44. The van der Waals surface area contributed by atoms with Crippen LogP contribution in [0.15, 0.2) is 30.3 Å². The van der Waals surface area contributed by atoms with Crippen molar-refractivity contribution in [3.05, 3.63) is 35.9 Å². The van der Waals surface area contributed by atoms with Crippen molar-refractivity contribution in [2.75, 3.05) is 26.9 Å². The first-order valence-corrected chi connectivity index (χ1v) is 19.8. The SMILES string of the molecule is COC(=O)[C@H](Cc1ccccc1)NC(=O)[C@H](C)NC(=O)C(C(C(F)(F)F)C(F)(F)F)N(CCCO[C@@H]1O[C@H](COC(C)=O)[C@@H](OC(C)=O)[C@H](OC(C)=O)[C@H]1OC(C)=O)C(=O)NC(C)(C)C. The third-order valence-corrected chi connectivity index (χ3v) is 8.98. The van der Waals surface area contributed by atoms with Gasteiger partial charge in [0.2, 0.25) is 11.8 Å². The molecule has 366 valence electrons. The topological polar surface area (TPSA) is 240 Å². The summed E-state index contributed by atoms with van der Waals surface area (Å²) >= 11 is 0. The number of alkyl halides is 6. The Morgan fingerprint density at radius 3 is 1.78 bits per heavy atom. The first-order chi connectivity index (χ1) is 30.0. The molecule has 0 radical (unpaired) electrons. The maximum absolute atomic E-state index is 14.6. The zero-order chi connectivity index (χ0) is 49.6. The first-order valence-electron chi connectivity index (χ1n) is 19.8. The molecule has 0 bridgehead atoms. The summed E-state index contributed by atoms with van der Waals surface area (Å²) in [6.45, 7) is 6.27. The lowest BCUT2D eigenvalue weighted by atomic mass is 9.95. The van der Waals surface area contributed by atoms with E-state index in [0.29, 0.717) is 5.56 Å². The largest absolute Gasteiger partial charge is 0.467 e. The highest BCUT2D eigenvalue weighted by Gasteiger charge is 2.64. The number of hydrogen-bond donors (Lipinski definition) is 3. The van der Waals surface area contributed by atoms with E-state index in [0.717, 1.165) is 41.7 Å². The molecule has 65 heavy (non-hydrogen) atoms. The van der Waals surface area contributed by atoms with Crippen LogP contribution in [-0.4, -0.2) is 146 Å².